The summed E-state index contributed by atoms with van der Waals surface area (Å²) in [6.45, 7) is 5.72. The van der Waals surface area contributed by atoms with Gasteiger partial charge in [-0.15, -0.1) is 11.3 Å². The fourth-order valence-corrected chi connectivity index (χ4v) is 4.82. The Morgan fingerprint density at radius 2 is 1.93 bits per heavy atom. The number of fused-ring (bicyclic) bond motifs is 1. The zero-order chi connectivity index (χ0) is 20.2. The lowest BCUT2D eigenvalue weighted by Crippen LogP contribution is -2.48. The van der Waals surface area contributed by atoms with Gasteiger partial charge in [-0.2, -0.15) is 11.8 Å². The molecule has 29 heavy (non-hydrogen) atoms. The van der Waals surface area contributed by atoms with Crippen molar-refractivity contribution in [3.05, 3.63) is 69.1 Å². The summed E-state index contributed by atoms with van der Waals surface area (Å²) < 4.78 is 1.57. The second-order valence-electron chi connectivity index (χ2n) is 7.04. The van der Waals surface area contributed by atoms with Crippen LogP contribution in [0.4, 0.5) is 0 Å². The third kappa shape index (κ3) is 4.71. The third-order valence-corrected chi connectivity index (χ3v) is 6.78. The van der Waals surface area contributed by atoms with Gasteiger partial charge in [-0.3, -0.25) is 18.9 Å². The molecule has 1 amide bonds. The van der Waals surface area contributed by atoms with Gasteiger partial charge in [0.25, 0.3) is 11.5 Å². The summed E-state index contributed by atoms with van der Waals surface area (Å²) in [7, 11) is 0. The average molecular weight is 429 g/mol. The Bertz CT molecular complexity index is 1040. The molecule has 8 heteroatoms. The first-order valence-corrected chi connectivity index (χ1v) is 11.8. The molecule has 3 aromatic rings. The number of aromatic nitrogens is 2. The van der Waals surface area contributed by atoms with Crippen LogP contribution < -0.4 is 5.56 Å². The standard InChI is InChI=1S/C21H24N4O2S2/c1-2-28-15-16-3-5-17(6-4-16)20(27)24-9-7-23(8-10-24)14-18-13-19(26)25-11-12-29-21(25)22-18/h3-6,11-13H,2,7-10,14-15H2,1H3. The molecule has 0 N–H and O–H groups in total. The molecule has 1 aliphatic heterocycles. The van der Waals surface area contributed by atoms with Crippen LogP contribution in [0.3, 0.4) is 0 Å². The van der Waals surface area contributed by atoms with Gasteiger partial charge in [0, 0.05) is 61.7 Å². The fraction of sp³-hybridized carbons (Fsp3) is 0.381. The van der Waals surface area contributed by atoms with Crippen molar-refractivity contribution in [2.24, 2.45) is 0 Å². The largest absolute Gasteiger partial charge is 0.336 e. The summed E-state index contributed by atoms with van der Waals surface area (Å²) in [6, 6.07) is 9.59. The maximum atomic E-state index is 12.8. The van der Waals surface area contributed by atoms with Crippen LogP contribution >= 0.6 is 23.1 Å². The number of piperazine rings is 1. The van der Waals surface area contributed by atoms with Crippen LogP contribution in [-0.4, -0.2) is 57.0 Å². The highest BCUT2D eigenvalue weighted by molar-refractivity contribution is 7.98. The van der Waals surface area contributed by atoms with Gasteiger partial charge >= 0.3 is 0 Å². The van der Waals surface area contributed by atoms with E-state index < -0.39 is 0 Å². The number of rotatable bonds is 6. The van der Waals surface area contributed by atoms with Crippen molar-refractivity contribution in [3.8, 4) is 0 Å². The minimum atomic E-state index is -0.0409. The fourth-order valence-electron chi connectivity index (χ4n) is 3.45. The average Bonchev–Trinajstić information content (AvgIpc) is 3.22. The Hall–Kier alpha value is -2.16. The van der Waals surface area contributed by atoms with E-state index in [1.165, 1.54) is 16.9 Å². The van der Waals surface area contributed by atoms with Gasteiger partial charge < -0.3 is 4.90 Å². The number of benzene rings is 1. The molecule has 1 saturated heterocycles. The second-order valence-corrected chi connectivity index (χ2v) is 9.19. The van der Waals surface area contributed by atoms with Gasteiger partial charge in [-0.05, 0) is 23.4 Å². The van der Waals surface area contributed by atoms with E-state index in [1.807, 2.05) is 34.2 Å². The van der Waals surface area contributed by atoms with Crippen molar-refractivity contribution < 1.29 is 4.79 Å². The van der Waals surface area contributed by atoms with Crippen molar-refractivity contribution in [2.75, 3.05) is 31.9 Å². The Morgan fingerprint density at radius 3 is 2.66 bits per heavy atom. The SMILES string of the molecule is CCSCc1ccc(C(=O)N2CCN(Cc3cc(=O)n4ccsc4n3)CC2)cc1. The summed E-state index contributed by atoms with van der Waals surface area (Å²) in [5.41, 5.74) is 2.75. The number of carbonyl (C=O) groups is 1. The third-order valence-electron chi connectivity index (χ3n) is 5.08. The number of thioether (sulfide) groups is 1. The number of amides is 1. The van der Waals surface area contributed by atoms with E-state index in [4.69, 9.17) is 0 Å². The Balaban J connectivity index is 1.33. The number of hydrogen-bond acceptors (Lipinski definition) is 6. The molecular formula is C21H24N4O2S2. The molecule has 0 radical (unpaired) electrons. The number of nitrogens with zero attached hydrogens (tertiary/aromatic N) is 4. The molecular weight excluding hydrogens is 404 g/mol. The van der Waals surface area contributed by atoms with Gasteiger partial charge in [-0.25, -0.2) is 4.98 Å². The van der Waals surface area contributed by atoms with Gasteiger partial charge in [0.05, 0.1) is 5.69 Å². The first-order chi connectivity index (χ1) is 14.1. The van der Waals surface area contributed by atoms with Crippen LogP contribution in [-0.2, 0) is 12.3 Å². The first-order valence-electron chi connectivity index (χ1n) is 9.78. The van der Waals surface area contributed by atoms with Gasteiger partial charge in [0.15, 0.2) is 4.96 Å². The molecule has 2 aromatic heterocycles. The molecule has 4 rings (SSSR count). The molecule has 0 atom stereocenters. The van der Waals surface area contributed by atoms with Crippen LogP contribution in [0.25, 0.3) is 4.96 Å². The highest BCUT2D eigenvalue weighted by atomic mass is 32.2. The Kier molecular flexibility index (Phi) is 6.32. The lowest BCUT2D eigenvalue weighted by Gasteiger charge is -2.34. The van der Waals surface area contributed by atoms with Gasteiger partial charge in [-0.1, -0.05) is 19.1 Å². The highest BCUT2D eigenvalue weighted by Gasteiger charge is 2.22. The van der Waals surface area contributed by atoms with Crippen LogP contribution in [0.5, 0.6) is 0 Å². The number of thiazole rings is 1. The van der Waals surface area contributed by atoms with Crippen LogP contribution in [0.1, 0.15) is 28.5 Å². The molecule has 0 unspecified atom stereocenters. The minimum absolute atomic E-state index is 0.0409. The molecule has 1 aliphatic rings. The van der Waals surface area contributed by atoms with E-state index in [2.05, 4.69) is 28.9 Å². The molecule has 0 aliphatic carbocycles. The minimum Gasteiger partial charge on any atom is -0.336 e. The van der Waals surface area contributed by atoms with E-state index in [-0.39, 0.29) is 11.5 Å². The highest BCUT2D eigenvalue weighted by Crippen LogP contribution is 2.15. The zero-order valence-electron chi connectivity index (χ0n) is 16.4. The first kappa shape index (κ1) is 20.1. The predicted octanol–water partition coefficient (Wildman–Crippen LogP) is 2.97. The summed E-state index contributed by atoms with van der Waals surface area (Å²) in [6.07, 6.45) is 1.75. The summed E-state index contributed by atoms with van der Waals surface area (Å²) >= 11 is 3.34. The monoisotopic (exact) mass is 428 g/mol. The molecule has 152 valence electrons. The smallest absolute Gasteiger partial charge is 0.258 e. The number of hydrogen-bond donors (Lipinski definition) is 0. The summed E-state index contributed by atoms with van der Waals surface area (Å²) in [4.78, 5) is 34.4. The molecule has 0 saturated carbocycles. The van der Waals surface area contributed by atoms with Gasteiger partial charge in [0.1, 0.15) is 0 Å². The predicted molar refractivity (Wildman–Crippen MR) is 119 cm³/mol. The number of carbonyl (C=O) groups excluding carboxylic acids is 1. The summed E-state index contributed by atoms with van der Waals surface area (Å²) in [5.74, 6) is 2.17. The van der Waals surface area contributed by atoms with E-state index in [9.17, 15) is 9.59 Å². The van der Waals surface area contributed by atoms with E-state index in [0.717, 1.165) is 40.8 Å². The normalized spacial score (nSPS) is 15.1. The molecule has 1 aromatic carbocycles. The molecule has 6 nitrogen and oxygen atoms in total. The van der Waals surface area contributed by atoms with Crippen molar-refractivity contribution in [1.82, 2.24) is 19.2 Å². The molecule has 1 fully saturated rings. The van der Waals surface area contributed by atoms with Crippen molar-refractivity contribution in [2.45, 2.75) is 19.2 Å². The van der Waals surface area contributed by atoms with Crippen LogP contribution in [0, 0.1) is 0 Å². The molecule has 0 spiro atoms. The second kappa shape index (κ2) is 9.11. The lowest BCUT2D eigenvalue weighted by atomic mass is 10.1. The quantitative estimate of drug-likeness (QED) is 0.604. The van der Waals surface area contributed by atoms with Crippen molar-refractivity contribution in [3.63, 3.8) is 0 Å². The van der Waals surface area contributed by atoms with Crippen molar-refractivity contribution >= 4 is 34.0 Å². The van der Waals surface area contributed by atoms with E-state index in [1.54, 1.807) is 16.7 Å². The van der Waals surface area contributed by atoms with Crippen LogP contribution in [0.2, 0.25) is 0 Å². The summed E-state index contributed by atoms with van der Waals surface area (Å²) in [5, 5.41) is 1.87. The van der Waals surface area contributed by atoms with Gasteiger partial charge in [0.2, 0.25) is 0 Å². The maximum absolute atomic E-state index is 12.8. The Morgan fingerprint density at radius 1 is 1.17 bits per heavy atom. The zero-order valence-corrected chi connectivity index (χ0v) is 18.0. The Labute approximate surface area is 178 Å². The lowest BCUT2D eigenvalue weighted by molar-refractivity contribution is 0.0627. The molecule has 3 heterocycles. The van der Waals surface area contributed by atoms with E-state index >= 15 is 0 Å². The van der Waals surface area contributed by atoms with Crippen LogP contribution in [0.15, 0.2) is 46.7 Å². The van der Waals surface area contributed by atoms with E-state index in [0.29, 0.717) is 19.6 Å². The van der Waals surface area contributed by atoms with Crippen molar-refractivity contribution in [1.29, 1.82) is 0 Å². The molecule has 0 bridgehead atoms. The maximum Gasteiger partial charge on any atom is 0.258 e. The topological polar surface area (TPSA) is 57.9 Å².